The Morgan fingerprint density at radius 3 is 2.55 bits per heavy atom. The molecule has 38 heavy (non-hydrogen) atoms. The average Bonchev–Trinajstić information content (AvgIpc) is 3.47. The summed E-state index contributed by atoms with van der Waals surface area (Å²) in [6, 6.07) is 5.23. The van der Waals surface area contributed by atoms with Gasteiger partial charge in [-0.25, -0.2) is 0 Å². The first-order valence-electron chi connectivity index (χ1n) is 13.7. The average molecular weight is 540 g/mol. The van der Waals surface area contributed by atoms with Crippen LogP contribution in [0, 0.1) is 31.6 Å². The highest BCUT2D eigenvalue weighted by Crippen LogP contribution is 2.68. The second-order valence-electron chi connectivity index (χ2n) is 10.9. The number of aliphatic hydroxyl groups excluding tert-OH is 1. The molecule has 0 radical (unpaired) electrons. The lowest BCUT2D eigenvalue weighted by Gasteiger charge is -2.41. The van der Waals surface area contributed by atoms with E-state index < -0.39 is 22.6 Å². The van der Waals surface area contributed by atoms with Gasteiger partial charge in [-0.2, -0.15) is 0 Å². The Hall–Kier alpha value is -2.58. The number of rotatable bonds is 11. The first kappa shape index (κ1) is 28.4. The van der Waals surface area contributed by atoms with Crippen LogP contribution in [0.2, 0.25) is 0 Å². The van der Waals surface area contributed by atoms with Crippen molar-refractivity contribution in [3.63, 3.8) is 0 Å². The molecule has 3 aliphatic heterocycles. The van der Waals surface area contributed by atoms with E-state index in [1.807, 2.05) is 39.0 Å². The van der Waals surface area contributed by atoms with Gasteiger partial charge in [0.15, 0.2) is 0 Å². The van der Waals surface area contributed by atoms with Crippen molar-refractivity contribution in [2.24, 2.45) is 17.8 Å². The van der Waals surface area contributed by atoms with Crippen molar-refractivity contribution in [1.29, 1.82) is 0 Å². The third-order valence-corrected chi connectivity index (χ3v) is 10.6. The molecule has 0 saturated carbocycles. The van der Waals surface area contributed by atoms with Gasteiger partial charge < -0.3 is 19.8 Å². The van der Waals surface area contributed by atoms with Gasteiger partial charge in [0.1, 0.15) is 6.04 Å². The summed E-state index contributed by atoms with van der Waals surface area (Å²) in [5.74, 6) is -1.40. The standard InChI is InChI=1S/C30H41N3O4S/c1-7-12-31(13-8-2)27(35)24-23-18-21(6)30(38-23)25(24)28(36)33(15-16-34)26(30)29(37)32(14-9-3)22-17-19(4)10-11-20(22)5/h7,9-11,17,21,23-26,34H,1,3,8,12-16,18H2,2,4-6H3/t21?,23-,24+,25+,26?,30?/m1/s1. The van der Waals surface area contributed by atoms with E-state index in [0.717, 1.165) is 29.7 Å². The summed E-state index contributed by atoms with van der Waals surface area (Å²) in [6.07, 6.45) is 5.02. The summed E-state index contributed by atoms with van der Waals surface area (Å²) in [4.78, 5) is 47.8. The zero-order valence-electron chi connectivity index (χ0n) is 23.1. The predicted octanol–water partition coefficient (Wildman–Crippen LogP) is 3.58. The highest BCUT2D eigenvalue weighted by molar-refractivity contribution is 8.02. The smallest absolute Gasteiger partial charge is 0.251 e. The van der Waals surface area contributed by atoms with Gasteiger partial charge in [-0.3, -0.25) is 14.4 Å². The van der Waals surface area contributed by atoms with Gasteiger partial charge in [-0.15, -0.1) is 24.9 Å². The molecule has 3 aliphatic rings. The molecule has 4 rings (SSSR count). The van der Waals surface area contributed by atoms with Gasteiger partial charge in [0, 0.05) is 37.1 Å². The SMILES string of the molecule is C=CCN(CCC)C(=O)[C@@H]1[C@H]2C(=O)N(CCO)C(C(=O)N(CC=C)c3cc(C)ccc3C)C23S[C@@H]1CC3C. The minimum absolute atomic E-state index is 0.0178. The quantitative estimate of drug-likeness (QED) is 0.435. The predicted molar refractivity (Wildman–Crippen MR) is 153 cm³/mol. The maximum absolute atomic E-state index is 14.6. The third kappa shape index (κ3) is 4.39. The lowest BCUT2D eigenvalue weighted by atomic mass is 9.65. The van der Waals surface area contributed by atoms with E-state index in [1.165, 1.54) is 0 Å². The molecule has 0 aliphatic carbocycles. The molecule has 0 aromatic heterocycles. The number of carbonyl (C=O) groups is 3. The van der Waals surface area contributed by atoms with E-state index in [9.17, 15) is 19.5 Å². The molecule has 7 nitrogen and oxygen atoms in total. The number of hydrogen-bond donors (Lipinski definition) is 1. The second-order valence-corrected chi connectivity index (χ2v) is 12.5. The summed E-state index contributed by atoms with van der Waals surface area (Å²) in [7, 11) is 0. The van der Waals surface area contributed by atoms with Crippen LogP contribution in [0.25, 0.3) is 0 Å². The minimum atomic E-state index is -0.770. The summed E-state index contributed by atoms with van der Waals surface area (Å²) in [5.41, 5.74) is 2.79. The lowest BCUT2D eigenvalue weighted by molar-refractivity contribution is -0.144. The van der Waals surface area contributed by atoms with Gasteiger partial charge in [-0.05, 0) is 49.8 Å². The van der Waals surface area contributed by atoms with Crippen molar-refractivity contribution >= 4 is 35.2 Å². The highest BCUT2D eigenvalue weighted by Gasteiger charge is 2.76. The number of thioether (sulfide) groups is 1. The Morgan fingerprint density at radius 1 is 1.21 bits per heavy atom. The van der Waals surface area contributed by atoms with Crippen molar-refractivity contribution < 1.29 is 19.5 Å². The van der Waals surface area contributed by atoms with E-state index in [4.69, 9.17) is 0 Å². The lowest BCUT2D eigenvalue weighted by Crippen LogP contribution is -2.58. The third-order valence-electron chi connectivity index (χ3n) is 8.49. The second kappa shape index (κ2) is 11.3. The summed E-state index contributed by atoms with van der Waals surface area (Å²) < 4.78 is -0.725. The first-order valence-corrected chi connectivity index (χ1v) is 14.5. The van der Waals surface area contributed by atoms with Crippen LogP contribution in [0.1, 0.15) is 37.8 Å². The normalized spacial score (nSPS) is 29.3. The van der Waals surface area contributed by atoms with E-state index in [-0.39, 0.29) is 42.0 Å². The Morgan fingerprint density at radius 2 is 1.92 bits per heavy atom. The molecule has 3 fully saturated rings. The van der Waals surface area contributed by atoms with Crippen molar-refractivity contribution in [3.05, 3.63) is 54.6 Å². The molecule has 1 aromatic rings. The zero-order valence-corrected chi connectivity index (χ0v) is 23.9. The fraction of sp³-hybridized carbons (Fsp3) is 0.567. The van der Waals surface area contributed by atoms with Crippen LogP contribution in [0.4, 0.5) is 5.69 Å². The van der Waals surface area contributed by atoms with Crippen molar-refractivity contribution in [1.82, 2.24) is 9.80 Å². The number of aliphatic hydroxyl groups is 1. The molecule has 3 amide bonds. The highest BCUT2D eigenvalue weighted by atomic mass is 32.2. The van der Waals surface area contributed by atoms with E-state index >= 15 is 0 Å². The number of carbonyl (C=O) groups excluding carboxylic acids is 3. The molecular formula is C30H41N3O4S. The van der Waals surface area contributed by atoms with E-state index in [1.54, 1.807) is 38.6 Å². The minimum Gasteiger partial charge on any atom is -0.395 e. The Kier molecular flexibility index (Phi) is 8.43. The number of hydrogen-bond acceptors (Lipinski definition) is 5. The Bertz CT molecular complexity index is 1120. The summed E-state index contributed by atoms with van der Waals surface area (Å²) >= 11 is 1.66. The van der Waals surface area contributed by atoms with Crippen LogP contribution in [0.5, 0.6) is 0 Å². The number of nitrogens with zero attached hydrogens (tertiary/aromatic N) is 3. The van der Waals surface area contributed by atoms with Crippen LogP contribution in [0.3, 0.4) is 0 Å². The number of likely N-dealkylation sites (tertiary alicyclic amines) is 1. The van der Waals surface area contributed by atoms with Crippen molar-refractivity contribution in [3.8, 4) is 0 Å². The molecule has 2 bridgehead atoms. The zero-order chi connectivity index (χ0) is 27.8. The Balaban J connectivity index is 1.81. The van der Waals surface area contributed by atoms with Crippen LogP contribution in [-0.2, 0) is 14.4 Å². The number of fused-ring (bicyclic) bond motifs is 1. The fourth-order valence-electron chi connectivity index (χ4n) is 6.95. The van der Waals surface area contributed by atoms with Crippen LogP contribution in [0.15, 0.2) is 43.5 Å². The first-order chi connectivity index (χ1) is 18.2. The summed E-state index contributed by atoms with van der Waals surface area (Å²) in [6.45, 7) is 17.0. The molecule has 3 saturated heterocycles. The number of anilines is 1. The number of β-amino-alcohol motifs (C(OH)–C–C–N with tert-alkyl or cyclic N) is 1. The molecular weight excluding hydrogens is 498 g/mol. The van der Waals surface area contributed by atoms with Crippen LogP contribution < -0.4 is 4.90 Å². The molecule has 1 spiro atoms. The summed E-state index contributed by atoms with van der Waals surface area (Å²) in [5, 5.41) is 9.94. The fourth-order valence-corrected chi connectivity index (χ4v) is 9.36. The van der Waals surface area contributed by atoms with Gasteiger partial charge in [0.25, 0.3) is 5.91 Å². The van der Waals surface area contributed by atoms with Crippen molar-refractivity contribution in [2.45, 2.75) is 56.6 Å². The van der Waals surface area contributed by atoms with Crippen molar-refractivity contribution in [2.75, 3.05) is 37.7 Å². The molecule has 6 atom stereocenters. The van der Waals surface area contributed by atoms with E-state index in [2.05, 4.69) is 20.1 Å². The number of amides is 3. The number of benzene rings is 1. The molecule has 8 heteroatoms. The number of aryl methyl sites for hydroxylation is 2. The van der Waals surface area contributed by atoms with Gasteiger partial charge in [0.2, 0.25) is 11.8 Å². The molecule has 206 valence electrons. The van der Waals surface area contributed by atoms with Gasteiger partial charge >= 0.3 is 0 Å². The Labute approximate surface area is 230 Å². The maximum Gasteiger partial charge on any atom is 0.251 e. The maximum atomic E-state index is 14.6. The topological polar surface area (TPSA) is 81.2 Å². The molecule has 3 heterocycles. The van der Waals surface area contributed by atoms with Crippen LogP contribution >= 0.6 is 11.8 Å². The van der Waals surface area contributed by atoms with Gasteiger partial charge in [-0.1, -0.05) is 38.1 Å². The van der Waals surface area contributed by atoms with E-state index in [0.29, 0.717) is 19.6 Å². The molecule has 3 unspecified atom stereocenters. The van der Waals surface area contributed by atoms with Gasteiger partial charge in [0.05, 0.1) is 23.2 Å². The monoisotopic (exact) mass is 539 g/mol. The molecule has 1 aromatic carbocycles. The largest absolute Gasteiger partial charge is 0.395 e. The molecule has 1 N–H and O–H groups in total. The van der Waals surface area contributed by atoms with Crippen LogP contribution in [-0.4, -0.2) is 81.5 Å².